The van der Waals surface area contributed by atoms with Gasteiger partial charge in [0.2, 0.25) is 0 Å². The summed E-state index contributed by atoms with van der Waals surface area (Å²) >= 11 is 1.80. The van der Waals surface area contributed by atoms with Crippen LogP contribution in [0.2, 0.25) is 0 Å². The van der Waals surface area contributed by atoms with Crippen molar-refractivity contribution in [2.45, 2.75) is 32.9 Å². The molecule has 1 heterocycles. The molecule has 0 atom stereocenters. The van der Waals surface area contributed by atoms with Gasteiger partial charge in [0.25, 0.3) is 0 Å². The smallest absolute Gasteiger partial charge is 0.0518 e. The highest BCUT2D eigenvalue weighted by Crippen LogP contribution is 2.07. The number of hydrogen-bond donors (Lipinski definition) is 1. The van der Waals surface area contributed by atoms with E-state index >= 15 is 0 Å². The van der Waals surface area contributed by atoms with Crippen LogP contribution in [0.15, 0.2) is 17.5 Å². The highest BCUT2D eigenvalue weighted by Gasteiger charge is 1.94. The summed E-state index contributed by atoms with van der Waals surface area (Å²) in [4.78, 5) is 1.40. The van der Waals surface area contributed by atoms with Crippen molar-refractivity contribution >= 4 is 23.7 Å². The van der Waals surface area contributed by atoms with Crippen LogP contribution >= 0.6 is 23.7 Å². The average molecular weight is 250 g/mol. The van der Waals surface area contributed by atoms with Crippen LogP contribution < -0.4 is 5.32 Å². The lowest BCUT2D eigenvalue weighted by molar-refractivity contribution is 0.0770. The molecule has 88 valence electrons. The van der Waals surface area contributed by atoms with Gasteiger partial charge in [-0.1, -0.05) is 6.07 Å². The van der Waals surface area contributed by atoms with Crippen molar-refractivity contribution in [1.29, 1.82) is 0 Å². The van der Waals surface area contributed by atoms with Crippen LogP contribution in [0.5, 0.6) is 0 Å². The summed E-state index contributed by atoms with van der Waals surface area (Å²) in [6.07, 6.45) is 1.44. The van der Waals surface area contributed by atoms with E-state index in [0.717, 1.165) is 26.1 Å². The van der Waals surface area contributed by atoms with Gasteiger partial charge in [0.1, 0.15) is 0 Å². The van der Waals surface area contributed by atoms with Crippen LogP contribution in [-0.4, -0.2) is 19.3 Å². The van der Waals surface area contributed by atoms with E-state index in [1.54, 1.807) is 11.3 Å². The second-order valence-corrected chi connectivity index (χ2v) is 4.56. The molecule has 0 radical (unpaired) electrons. The molecule has 1 N–H and O–H groups in total. The number of hydrogen-bond acceptors (Lipinski definition) is 3. The Labute approximate surface area is 102 Å². The van der Waals surface area contributed by atoms with Crippen molar-refractivity contribution in [3.63, 3.8) is 0 Å². The fourth-order valence-electron chi connectivity index (χ4n) is 1.14. The van der Waals surface area contributed by atoms with Crippen LogP contribution in [0.4, 0.5) is 0 Å². The lowest BCUT2D eigenvalue weighted by atomic mass is 10.4. The standard InChI is InChI=1S/C11H19NOS.ClH/c1-10(2)13-7-4-6-12-9-11-5-3-8-14-11;/h3,5,8,10,12H,4,6-7,9H2,1-2H3;1H. The topological polar surface area (TPSA) is 21.3 Å². The van der Waals surface area contributed by atoms with E-state index in [1.165, 1.54) is 4.88 Å². The molecule has 2 nitrogen and oxygen atoms in total. The van der Waals surface area contributed by atoms with Crippen LogP contribution in [0, 0.1) is 0 Å². The van der Waals surface area contributed by atoms with Crippen LogP contribution in [0.3, 0.4) is 0 Å². The number of ether oxygens (including phenoxy) is 1. The maximum absolute atomic E-state index is 5.44. The molecule has 0 unspecified atom stereocenters. The first-order chi connectivity index (χ1) is 6.79. The largest absolute Gasteiger partial charge is 0.379 e. The fourth-order valence-corrected chi connectivity index (χ4v) is 1.82. The minimum absolute atomic E-state index is 0. The van der Waals surface area contributed by atoms with Gasteiger partial charge in [-0.05, 0) is 38.3 Å². The third-order valence-corrected chi connectivity index (χ3v) is 2.70. The Kier molecular flexibility index (Phi) is 9.10. The van der Waals surface area contributed by atoms with E-state index in [9.17, 15) is 0 Å². The molecular weight excluding hydrogens is 230 g/mol. The van der Waals surface area contributed by atoms with Crippen molar-refractivity contribution in [2.75, 3.05) is 13.2 Å². The third-order valence-electron chi connectivity index (χ3n) is 1.83. The summed E-state index contributed by atoms with van der Waals surface area (Å²) in [7, 11) is 0. The maximum atomic E-state index is 5.44. The molecule has 0 aliphatic carbocycles. The predicted octanol–water partition coefficient (Wildman–Crippen LogP) is 3.07. The van der Waals surface area contributed by atoms with Crippen molar-refractivity contribution in [3.8, 4) is 0 Å². The molecule has 0 fully saturated rings. The zero-order valence-corrected chi connectivity index (χ0v) is 11.0. The van der Waals surface area contributed by atoms with E-state index < -0.39 is 0 Å². The first-order valence-corrected chi connectivity index (χ1v) is 6.01. The van der Waals surface area contributed by atoms with Gasteiger partial charge in [-0.15, -0.1) is 23.7 Å². The Bertz CT molecular complexity index is 227. The molecule has 1 aromatic heterocycles. The summed E-state index contributed by atoms with van der Waals surface area (Å²) < 4.78 is 5.44. The molecule has 0 aliphatic rings. The van der Waals surface area contributed by atoms with E-state index in [2.05, 4.69) is 36.7 Å². The Balaban J connectivity index is 0.00000196. The number of thiophene rings is 1. The normalized spacial score (nSPS) is 10.3. The molecule has 0 amide bonds. The van der Waals surface area contributed by atoms with E-state index in [4.69, 9.17) is 4.74 Å². The first-order valence-electron chi connectivity index (χ1n) is 5.13. The summed E-state index contributed by atoms with van der Waals surface area (Å²) in [5, 5.41) is 5.50. The summed E-state index contributed by atoms with van der Waals surface area (Å²) in [6, 6.07) is 4.24. The van der Waals surface area contributed by atoms with Gasteiger partial charge in [-0.3, -0.25) is 0 Å². The highest BCUT2D eigenvalue weighted by molar-refractivity contribution is 7.09. The highest BCUT2D eigenvalue weighted by atomic mass is 35.5. The van der Waals surface area contributed by atoms with Crippen LogP contribution in [-0.2, 0) is 11.3 Å². The van der Waals surface area contributed by atoms with Gasteiger partial charge in [0, 0.05) is 18.0 Å². The molecule has 0 aromatic carbocycles. The first kappa shape index (κ1) is 14.9. The van der Waals surface area contributed by atoms with E-state index in [1.807, 2.05) is 0 Å². The van der Waals surface area contributed by atoms with E-state index in [-0.39, 0.29) is 12.4 Å². The monoisotopic (exact) mass is 249 g/mol. The summed E-state index contributed by atoms with van der Waals surface area (Å²) in [5.41, 5.74) is 0. The van der Waals surface area contributed by atoms with Gasteiger partial charge in [-0.2, -0.15) is 0 Å². The van der Waals surface area contributed by atoms with Gasteiger partial charge in [-0.25, -0.2) is 0 Å². The molecule has 0 aliphatic heterocycles. The van der Waals surface area contributed by atoms with Crippen molar-refractivity contribution in [1.82, 2.24) is 5.32 Å². The average Bonchev–Trinajstić information content (AvgIpc) is 2.63. The zero-order valence-electron chi connectivity index (χ0n) is 9.36. The van der Waals surface area contributed by atoms with Crippen LogP contribution in [0.1, 0.15) is 25.1 Å². The zero-order chi connectivity index (χ0) is 10.2. The van der Waals surface area contributed by atoms with E-state index in [0.29, 0.717) is 6.10 Å². The van der Waals surface area contributed by atoms with Crippen LogP contribution in [0.25, 0.3) is 0 Å². The summed E-state index contributed by atoms with van der Waals surface area (Å²) in [6.45, 7) is 7.01. The van der Waals surface area contributed by atoms with Gasteiger partial charge >= 0.3 is 0 Å². The Morgan fingerprint density at radius 2 is 2.27 bits per heavy atom. The van der Waals surface area contributed by atoms with Gasteiger partial charge in [0.05, 0.1) is 6.10 Å². The van der Waals surface area contributed by atoms with Gasteiger partial charge < -0.3 is 10.1 Å². The lowest BCUT2D eigenvalue weighted by Gasteiger charge is -2.07. The molecular formula is C11H20ClNOS. The van der Waals surface area contributed by atoms with Crippen molar-refractivity contribution in [2.24, 2.45) is 0 Å². The summed E-state index contributed by atoms with van der Waals surface area (Å²) in [5.74, 6) is 0. The molecule has 0 saturated carbocycles. The van der Waals surface area contributed by atoms with Crippen molar-refractivity contribution in [3.05, 3.63) is 22.4 Å². The molecule has 1 aromatic rings. The number of nitrogens with one attached hydrogen (secondary N) is 1. The number of rotatable bonds is 7. The SMILES string of the molecule is CC(C)OCCCNCc1cccs1.Cl. The Hall–Kier alpha value is -0.0900. The van der Waals surface area contributed by atoms with Gasteiger partial charge in [0.15, 0.2) is 0 Å². The molecule has 0 bridgehead atoms. The minimum Gasteiger partial charge on any atom is -0.379 e. The third kappa shape index (κ3) is 7.79. The maximum Gasteiger partial charge on any atom is 0.0518 e. The predicted molar refractivity (Wildman–Crippen MR) is 69.0 cm³/mol. The molecule has 4 heteroatoms. The molecule has 1 rings (SSSR count). The Morgan fingerprint density at radius 3 is 2.87 bits per heavy atom. The molecule has 0 saturated heterocycles. The Morgan fingerprint density at radius 1 is 1.47 bits per heavy atom. The lowest BCUT2D eigenvalue weighted by Crippen LogP contribution is -2.16. The molecule has 15 heavy (non-hydrogen) atoms. The minimum atomic E-state index is 0. The molecule has 0 spiro atoms. The number of halogens is 1. The quantitative estimate of drug-likeness (QED) is 0.750. The second kappa shape index (κ2) is 9.16. The van der Waals surface area contributed by atoms with Crippen molar-refractivity contribution < 1.29 is 4.74 Å². The fraction of sp³-hybridized carbons (Fsp3) is 0.636. The second-order valence-electron chi connectivity index (χ2n) is 3.53.